The Kier molecular flexibility index (Phi) is 7.41. The third-order valence-electron chi connectivity index (χ3n) is 3.34. The monoisotopic (exact) mass is 336 g/mol. The van der Waals surface area contributed by atoms with Crippen LogP contribution < -0.4 is 26.8 Å². The Morgan fingerprint density at radius 2 is 1.86 bits per heavy atom. The molecule has 1 heterocycles. The van der Waals surface area contributed by atoms with Crippen molar-refractivity contribution >= 4 is 10.0 Å². The molecule has 1 saturated heterocycles. The van der Waals surface area contributed by atoms with E-state index in [1.165, 1.54) is 4.90 Å². The SMILES string of the molecule is COc1ccc(S(=O)(=O)NCC[NH+]2CCOCC2)cc1.[Cl-]. The maximum absolute atomic E-state index is 12.1. The minimum Gasteiger partial charge on any atom is -1.00 e. The zero-order valence-corrected chi connectivity index (χ0v) is 13.5. The van der Waals surface area contributed by atoms with Gasteiger partial charge in [0.1, 0.15) is 18.8 Å². The lowest BCUT2D eigenvalue weighted by molar-refractivity contribution is -0.906. The summed E-state index contributed by atoms with van der Waals surface area (Å²) < 4.78 is 37.1. The Labute approximate surface area is 131 Å². The highest BCUT2D eigenvalue weighted by atomic mass is 35.5. The summed E-state index contributed by atoms with van der Waals surface area (Å²) in [5.74, 6) is 0.640. The van der Waals surface area contributed by atoms with Crippen molar-refractivity contribution in [1.82, 2.24) is 4.72 Å². The Bertz CT molecular complexity index is 515. The highest BCUT2D eigenvalue weighted by molar-refractivity contribution is 7.89. The second-order valence-corrected chi connectivity index (χ2v) is 6.45. The zero-order chi connectivity index (χ0) is 14.4. The summed E-state index contributed by atoms with van der Waals surface area (Å²) in [6.07, 6.45) is 0. The molecule has 1 aromatic rings. The minimum atomic E-state index is -3.44. The van der Waals surface area contributed by atoms with Crippen LogP contribution >= 0.6 is 0 Å². The summed E-state index contributed by atoms with van der Waals surface area (Å²) >= 11 is 0. The number of hydrogen-bond donors (Lipinski definition) is 2. The molecule has 0 bridgehead atoms. The molecule has 1 fully saturated rings. The molecule has 0 amide bonds. The lowest BCUT2D eigenvalue weighted by Crippen LogP contribution is -3.14. The third kappa shape index (κ3) is 5.44. The number of methoxy groups -OCH3 is 1. The van der Waals surface area contributed by atoms with E-state index in [9.17, 15) is 8.42 Å². The number of quaternary nitrogens is 1. The Morgan fingerprint density at radius 3 is 2.43 bits per heavy atom. The van der Waals surface area contributed by atoms with E-state index in [0.717, 1.165) is 32.8 Å². The molecule has 0 atom stereocenters. The van der Waals surface area contributed by atoms with Crippen molar-refractivity contribution < 1.29 is 35.2 Å². The van der Waals surface area contributed by atoms with Gasteiger partial charge in [-0.3, -0.25) is 0 Å². The van der Waals surface area contributed by atoms with Crippen molar-refractivity contribution in [3.05, 3.63) is 24.3 Å². The highest BCUT2D eigenvalue weighted by Crippen LogP contribution is 2.14. The van der Waals surface area contributed by atoms with Gasteiger partial charge in [-0.05, 0) is 24.3 Å². The van der Waals surface area contributed by atoms with Crippen molar-refractivity contribution in [1.29, 1.82) is 0 Å². The van der Waals surface area contributed by atoms with Gasteiger partial charge in [-0.2, -0.15) is 0 Å². The summed E-state index contributed by atoms with van der Waals surface area (Å²) in [6.45, 7) is 4.58. The van der Waals surface area contributed by atoms with Gasteiger partial charge in [-0.25, -0.2) is 13.1 Å². The summed E-state index contributed by atoms with van der Waals surface area (Å²) in [7, 11) is -1.89. The molecule has 120 valence electrons. The van der Waals surface area contributed by atoms with Crippen molar-refractivity contribution in [2.24, 2.45) is 0 Å². The van der Waals surface area contributed by atoms with E-state index in [1.54, 1.807) is 31.4 Å². The Balaban J connectivity index is 0.00000220. The first-order valence-electron chi connectivity index (χ1n) is 6.67. The van der Waals surface area contributed by atoms with Crippen LogP contribution in [0.4, 0.5) is 0 Å². The molecule has 0 saturated carbocycles. The molecule has 2 N–H and O–H groups in total. The van der Waals surface area contributed by atoms with Crippen molar-refractivity contribution in [2.45, 2.75) is 4.90 Å². The van der Waals surface area contributed by atoms with Crippen LogP contribution in [0.15, 0.2) is 29.2 Å². The molecule has 1 aliphatic rings. The second kappa shape index (κ2) is 8.55. The van der Waals surface area contributed by atoms with Gasteiger partial charge in [0, 0.05) is 0 Å². The van der Waals surface area contributed by atoms with Crippen LogP contribution in [0, 0.1) is 0 Å². The van der Waals surface area contributed by atoms with E-state index in [-0.39, 0.29) is 17.3 Å². The van der Waals surface area contributed by atoms with Crippen LogP contribution in [0.2, 0.25) is 0 Å². The predicted molar refractivity (Wildman–Crippen MR) is 74.6 cm³/mol. The maximum atomic E-state index is 12.1. The zero-order valence-electron chi connectivity index (χ0n) is 12.0. The van der Waals surface area contributed by atoms with Crippen molar-refractivity contribution in [3.8, 4) is 5.75 Å². The van der Waals surface area contributed by atoms with Gasteiger partial charge in [0.15, 0.2) is 0 Å². The summed E-state index contributed by atoms with van der Waals surface area (Å²) in [6, 6.07) is 6.37. The van der Waals surface area contributed by atoms with Gasteiger partial charge >= 0.3 is 0 Å². The lowest BCUT2D eigenvalue weighted by Gasteiger charge is -2.23. The van der Waals surface area contributed by atoms with E-state index in [1.807, 2.05) is 0 Å². The largest absolute Gasteiger partial charge is 1.00 e. The van der Waals surface area contributed by atoms with Gasteiger partial charge in [0.2, 0.25) is 10.0 Å². The molecule has 21 heavy (non-hydrogen) atoms. The smallest absolute Gasteiger partial charge is 0.240 e. The fourth-order valence-electron chi connectivity index (χ4n) is 2.11. The number of sulfonamides is 1. The number of morpholine rings is 1. The first-order valence-corrected chi connectivity index (χ1v) is 8.15. The Morgan fingerprint density at radius 1 is 1.24 bits per heavy atom. The fraction of sp³-hybridized carbons (Fsp3) is 0.538. The standard InChI is InChI=1S/C13H20N2O4S.ClH/c1-18-12-2-4-13(5-3-12)20(16,17)14-6-7-15-8-10-19-11-9-15;/h2-5,14H,6-11H2,1H3;1H. The molecule has 0 spiro atoms. The number of rotatable bonds is 6. The van der Waals surface area contributed by atoms with E-state index >= 15 is 0 Å². The number of ether oxygens (including phenoxy) is 2. The van der Waals surface area contributed by atoms with Crippen molar-refractivity contribution in [2.75, 3.05) is 46.5 Å². The average Bonchev–Trinajstić information content (AvgIpc) is 2.48. The van der Waals surface area contributed by atoms with Gasteiger partial charge < -0.3 is 26.8 Å². The number of benzene rings is 1. The summed E-state index contributed by atoms with van der Waals surface area (Å²) in [4.78, 5) is 1.63. The first kappa shape index (κ1) is 18.2. The molecular weight excluding hydrogens is 316 g/mol. The van der Waals surface area contributed by atoms with E-state index in [0.29, 0.717) is 12.3 Å². The van der Waals surface area contributed by atoms with Gasteiger partial charge in [-0.1, -0.05) is 0 Å². The second-order valence-electron chi connectivity index (χ2n) is 4.69. The molecule has 0 unspecified atom stereocenters. The molecule has 6 nitrogen and oxygen atoms in total. The molecule has 1 aromatic carbocycles. The van der Waals surface area contributed by atoms with Crippen LogP contribution in [0.1, 0.15) is 0 Å². The number of halogens is 1. The van der Waals surface area contributed by atoms with E-state index in [4.69, 9.17) is 9.47 Å². The summed E-state index contributed by atoms with van der Waals surface area (Å²) in [5.41, 5.74) is 0. The fourth-order valence-corrected chi connectivity index (χ4v) is 3.14. The van der Waals surface area contributed by atoms with Crippen LogP contribution in [0.3, 0.4) is 0 Å². The minimum absolute atomic E-state index is 0. The van der Waals surface area contributed by atoms with Crippen LogP contribution in [0.5, 0.6) is 5.75 Å². The molecular formula is C13H21ClN2O4S. The predicted octanol–water partition coefficient (Wildman–Crippen LogP) is -4.11. The topological polar surface area (TPSA) is 69.1 Å². The van der Waals surface area contributed by atoms with E-state index in [2.05, 4.69) is 4.72 Å². The van der Waals surface area contributed by atoms with Crippen LogP contribution in [-0.2, 0) is 14.8 Å². The molecule has 0 aromatic heterocycles. The number of hydrogen-bond acceptors (Lipinski definition) is 4. The van der Waals surface area contributed by atoms with Crippen LogP contribution in [0.25, 0.3) is 0 Å². The number of nitrogens with one attached hydrogen (secondary N) is 2. The highest BCUT2D eigenvalue weighted by Gasteiger charge is 2.17. The summed E-state index contributed by atoms with van der Waals surface area (Å²) in [5, 5.41) is 0. The maximum Gasteiger partial charge on any atom is 0.240 e. The Hall–Kier alpha value is -0.860. The van der Waals surface area contributed by atoms with Gasteiger partial charge in [0.25, 0.3) is 0 Å². The van der Waals surface area contributed by atoms with Crippen LogP contribution in [-0.4, -0.2) is 54.9 Å². The molecule has 8 heteroatoms. The normalized spacial score (nSPS) is 16.2. The molecule has 2 rings (SSSR count). The first-order chi connectivity index (χ1) is 9.62. The lowest BCUT2D eigenvalue weighted by atomic mass is 10.3. The third-order valence-corrected chi connectivity index (χ3v) is 4.82. The molecule has 0 radical (unpaired) electrons. The molecule has 1 aliphatic heterocycles. The van der Waals surface area contributed by atoms with Gasteiger partial charge in [0.05, 0.1) is 38.3 Å². The van der Waals surface area contributed by atoms with E-state index < -0.39 is 10.0 Å². The average molecular weight is 337 g/mol. The quantitative estimate of drug-likeness (QED) is 0.554. The van der Waals surface area contributed by atoms with Crippen molar-refractivity contribution in [3.63, 3.8) is 0 Å². The molecule has 0 aliphatic carbocycles. The van der Waals surface area contributed by atoms with Gasteiger partial charge in [-0.15, -0.1) is 0 Å².